The number of anilines is 1. The van der Waals surface area contributed by atoms with E-state index >= 15 is 0 Å². The zero-order valence-corrected chi connectivity index (χ0v) is 9.39. The molecule has 0 bridgehead atoms. The van der Waals surface area contributed by atoms with E-state index in [9.17, 15) is 0 Å². The van der Waals surface area contributed by atoms with Crippen molar-refractivity contribution in [1.29, 1.82) is 0 Å². The minimum Gasteiger partial charge on any atom is -0.381 e. The lowest BCUT2D eigenvalue weighted by Gasteiger charge is -2.09. The van der Waals surface area contributed by atoms with Crippen LogP contribution in [-0.2, 0) is 6.42 Å². The van der Waals surface area contributed by atoms with E-state index in [1.807, 2.05) is 12.1 Å². The molecule has 0 aliphatic rings. The van der Waals surface area contributed by atoms with Crippen molar-refractivity contribution >= 4 is 21.6 Å². The molecule has 0 unspecified atom stereocenters. The first-order valence-corrected chi connectivity index (χ1v) is 5.20. The summed E-state index contributed by atoms with van der Waals surface area (Å²) in [4.78, 5) is 0. The van der Waals surface area contributed by atoms with Gasteiger partial charge in [0.25, 0.3) is 0 Å². The molecule has 0 radical (unpaired) electrons. The second-order valence-corrected chi connectivity index (χ2v) is 3.74. The zero-order valence-electron chi connectivity index (χ0n) is 7.81. The molecule has 1 nitrogen and oxygen atoms in total. The normalized spacial score (nSPS) is 9.69. The number of halogens is 1. The molecule has 0 spiro atoms. The molecule has 1 aromatic rings. The molecule has 0 fully saturated rings. The van der Waals surface area contributed by atoms with E-state index in [1.165, 1.54) is 11.3 Å². The molecule has 13 heavy (non-hydrogen) atoms. The Labute approximate surface area is 88.0 Å². The molecule has 0 aromatic heterocycles. The maximum absolute atomic E-state index is 3.68. The maximum atomic E-state index is 3.68. The Bertz CT molecular complexity index is 294. The monoisotopic (exact) mass is 239 g/mol. The van der Waals surface area contributed by atoms with Crippen LogP contribution >= 0.6 is 15.9 Å². The van der Waals surface area contributed by atoms with Crippen molar-refractivity contribution in [1.82, 2.24) is 0 Å². The summed E-state index contributed by atoms with van der Waals surface area (Å²) in [6.07, 6.45) is 2.90. The Morgan fingerprint density at radius 1 is 1.54 bits per heavy atom. The number of hydrogen-bond donors (Lipinski definition) is 1. The van der Waals surface area contributed by atoms with E-state index in [0.717, 1.165) is 17.4 Å². The van der Waals surface area contributed by atoms with Crippen LogP contribution in [0.25, 0.3) is 0 Å². The van der Waals surface area contributed by atoms with Gasteiger partial charge in [-0.2, -0.15) is 0 Å². The highest BCUT2D eigenvalue weighted by atomic mass is 79.9. The lowest BCUT2D eigenvalue weighted by atomic mass is 10.1. The molecule has 0 saturated heterocycles. The predicted molar refractivity (Wildman–Crippen MR) is 62.2 cm³/mol. The van der Waals surface area contributed by atoms with Gasteiger partial charge >= 0.3 is 0 Å². The fraction of sp³-hybridized carbons (Fsp3) is 0.273. The maximum Gasteiger partial charge on any atom is 0.0375 e. The van der Waals surface area contributed by atoms with Crippen molar-refractivity contribution in [2.24, 2.45) is 0 Å². The van der Waals surface area contributed by atoms with Crippen LogP contribution in [0.1, 0.15) is 12.5 Å². The first kappa shape index (κ1) is 10.3. The van der Waals surface area contributed by atoms with Gasteiger partial charge in [-0.3, -0.25) is 0 Å². The second kappa shape index (κ2) is 5.07. The lowest BCUT2D eigenvalue weighted by Crippen LogP contribution is -2.00. The topological polar surface area (TPSA) is 12.0 Å². The van der Waals surface area contributed by atoms with E-state index in [2.05, 4.69) is 46.9 Å². The van der Waals surface area contributed by atoms with E-state index in [0.29, 0.717) is 0 Å². The van der Waals surface area contributed by atoms with Gasteiger partial charge in [-0.25, -0.2) is 0 Å². The summed E-state index contributed by atoms with van der Waals surface area (Å²) in [7, 11) is 0. The van der Waals surface area contributed by atoms with Crippen molar-refractivity contribution in [2.75, 3.05) is 11.9 Å². The van der Waals surface area contributed by atoms with Gasteiger partial charge in [0.15, 0.2) is 0 Å². The Morgan fingerprint density at radius 2 is 2.31 bits per heavy atom. The van der Waals surface area contributed by atoms with Gasteiger partial charge in [-0.15, -0.1) is 6.58 Å². The van der Waals surface area contributed by atoms with E-state index in [-0.39, 0.29) is 0 Å². The van der Waals surface area contributed by atoms with Crippen molar-refractivity contribution in [2.45, 2.75) is 13.3 Å². The van der Waals surface area contributed by atoms with E-state index in [1.54, 1.807) is 0 Å². The van der Waals surface area contributed by atoms with Crippen LogP contribution in [0.15, 0.2) is 35.3 Å². The summed E-state index contributed by atoms with van der Waals surface area (Å²) in [6, 6.07) is 6.28. The average molecular weight is 240 g/mol. The quantitative estimate of drug-likeness (QED) is 0.792. The SMILES string of the molecule is C=CCNc1ccc(Br)cc1CC. The fourth-order valence-corrected chi connectivity index (χ4v) is 1.62. The number of benzene rings is 1. The van der Waals surface area contributed by atoms with Crippen molar-refractivity contribution in [3.05, 3.63) is 40.9 Å². The van der Waals surface area contributed by atoms with Gasteiger partial charge in [-0.05, 0) is 30.2 Å². The first-order valence-electron chi connectivity index (χ1n) is 4.41. The molecule has 0 aliphatic heterocycles. The second-order valence-electron chi connectivity index (χ2n) is 2.82. The van der Waals surface area contributed by atoms with Crippen LogP contribution in [0.2, 0.25) is 0 Å². The highest BCUT2D eigenvalue weighted by Gasteiger charge is 1.99. The molecule has 2 heteroatoms. The Kier molecular flexibility index (Phi) is 4.03. The predicted octanol–water partition coefficient (Wildman–Crippen LogP) is 3.61. The molecule has 1 N–H and O–H groups in total. The van der Waals surface area contributed by atoms with Crippen LogP contribution in [0.3, 0.4) is 0 Å². The fourth-order valence-electron chi connectivity index (χ4n) is 1.21. The minimum absolute atomic E-state index is 0.814. The molecule has 0 heterocycles. The van der Waals surface area contributed by atoms with Crippen LogP contribution in [0.4, 0.5) is 5.69 Å². The summed E-state index contributed by atoms with van der Waals surface area (Å²) >= 11 is 3.46. The summed E-state index contributed by atoms with van der Waals surface area (Å²) in [5.41, 5.74) is 2.53. The van der Waals surface area contributed by atoms with Crippen LogP contribution in [0, 0.1) is 0 Å². The van der Waals surface area contributed by atoms with E-state index in [4.69, 9.17) is 0 Å². The van der Waals surface area contributed by atoms with Crippen LogP contribution in [-0.4, -0.2) is 6.54 Å². The largest absolute Gasteiger partial charge is 0.381 e. The molecule has 0 atom stereocenters. The third-order valence-electron chi connectivity index (χ3n) is 1.89. The van der Waals surface area contributed by atoms with Crippen molar-refractivity contribution < 1.29 is 0 Å². The molecule has 0 aliphatic carbocycles. The Balaban J connectivity index is 2.85. The van der Waals surface area contributed by atoms with Gasteiger partial charge in [0.2, 0.25) is 0 Å². The van der Waals surface area contributed by atoms with E-state index < -0.39 is 0 Å². The zero-order chi connectivity index (χ0) is 9.68. The highest BCUT2D eigenvalue weighted by molar-refractivity contribution is 9.10. The molecular formula is C11H14BrN. The average Bonchev–Trinajstić information content (AvgIpc) is 2.16. The van der Waals surface area contributed by atoms with Crippen LogP contribution in [0.5, 0.6) is 0 Å². The molecule has 1 rings (SSSR count). The number of rotatable bonds is 4. The lowest BCUT2D eigenvalue weighted by molar-refractivity contribution is 1.13. The molecule has 70 valence electrons. The number of nitrogens with one attached hydrogen (secondary N) is 1. The third kappa shape index (κ3) is 2.88. The molecule has 0 amide bonds. The van der Waals surface area contributed by atoms with Crippen LogP contribution < -0.4 is 5.32 Å². The minimum atomic E-state index is 0.814. The van der Waals surface area contributed by atoms with Gasteiger partial charge in [0.1, 0.15) is 0 Å². The standard InChI is InChI=1S/C11H14BrN/c1-3-7-13-11-6-5-10(12)8-9(11)4-2/h3,5-6,8,13H,1,4,7H2,2H3. The smallest absolute Gasteiger partial charge is 0.0375 e. The molecule has 1 aromatic carbocycles. The number of hydrogen-bond acceptors (Lipinski definition) is 1. The van der Waals surface area contributed by atoms with Gasteiger partial charge in [-0.1, -0.05) is 28.9 Å². The van der Waals surface area contributed by atoms with Gasteiger partial charge in [0.05, 0.1) is 0 Å². The Morgan fingerprint density at radius 3 is 2.92 bits per heavy atom. The van der Waals surface area contributed by atoms with Crippen molar-refractivity contribution in [3.63, 3.8) is 0 Å². The first-order chi connectivity index (χ1) is 6.27. The summed E-state index contributed by atoms with van der Waals surface area (Å²) in [5.74, 6) is 0. The summed E-state index contributed by atoms with van der Waals surface area (Å²) < 4.78 is 1.13. The Hall–Kier alpha value is -0.760. The summed E-state index contributed by atoms with van der Waals surface area (Å²) in [5, 5.41) is 3.30. The third-order valence-corrected chi connectivity index (χ3v) is 2.38. The highest BCUT2D eigenvalue weighted by Crippen LogP contribution is 2.21. The summed E-state index contributed by atoms with van der Waals surface area (Å²) in [6.45, 7) is 6.64. The molecular weight excluding hydrogens is 226 g/mol. The van der Waals surface area contributed by atoms with Gasteiger partial charge < -0.3 is 5.32 Å². The van der Waals surface area contributed by atoms with Gasteiger partial charge in [0, 0.05) is 16.7 Å². The molecule has 0 saturated carbocycles. The van der Waals surface area contributed by atoms with Crippen molar-refractivity contribution in [3.8, 4) is 0 Å². The number of aryl methyl sites for hydroxylation is 1.